The third kappa shape index (κ3) is 42.9. The van der Waals surface area contributed by atoms with Gasteiger partial charge < -0.3 is 160 Å². The average Bonchev–Trinajstić information content (AvgIpc) is 0.841. The molecule has 0 spiro atoms. The number of phenols is 1. The van der Waals surface area contributed by atoms with Gasteiger partial charge in [0.2, 0.25) is 94.5 Å². The number of carboxylic acid groups (broad SMARTS) is 3. The summed E-state index contributed by atoms with van der Waals surface area (Å²) in [5.41, 5.74) is 22.1. The lowest BCUT2D eigenvalue weighted by molar-refractivity contribution is -0.142. The number of aliphatic hydroxyl groups excluding tert-OH is 3. The fourth-order valence-electron chi connectivity index (χ4n) is 10.6. The molecule has 0 fully saturated rings. The first kappa shape index (κ1) is 110. The predicted octanol–water partition coefficient (Wildman–Crippen LogP) is -14.0. The van der Waals surface area contributed by atoms with E-state index in [9.17, 15) is 122 Å². The van der Waals surface area contributed by atoms with Crippen LogP contribution < -0.4 is 124 Å². The van der Waals surface area contributed by atoms with E-state index in [0.29, 0.717) is 0 Å². The van der Waals surface area contributed by atoms with Crippen molar-refractivity contribution in [1.82, 2.24) is 101 Å². The third-order valence-corrected chi connectivity index (χ3v) is 18.4. The fourth-order valence-corrected chi connectivity index (χ4v) is 11.4. The Morgan fingerprint density at radius 2 is 0.677 bits per heavy atom. The number of amides is 16. The van der Waals surface area contributed by atoms with E-state index in [1.165, 1.54) is 45.0 Å². The van der Waals surface area contributed by atoms with Gasteiger partial charge in [-0.2, -0.15) is 37.9 Å². The zero-order valence-electron chi connectivity index (χ0n) is 67.9. The number of benzene rings is 1. The number of rotatable bonds is 59. The molecule has 52 nitrogen and oxygen atoms in total. The molecule has 37 N–H and O–H groups in total. The number of nitrogens with two attached hydrogens (primary N) is 4. The number of thiol groups is 3. The second kappa shape index (κ2) is 57.8. The lowest BCUT2D eigenvalue weighted by Crippen LogP contribution is -2.62. The van der Waals surface area contributed by atoms with Crippen LogP contribution in [0.25, 0.3) is 0 Å². The van der Waals surface area contributed by atoms with Gasteiger partial charge in [0.1, 0.15) is 96.9 Å². The molecule has 0 radical (unpaired) electrons. The second-order valence-electron chi connectivity index (χ2n) is 27.8. The maximum atomic E-state index is 14.6. The van der Waals surface area contributed by atoms with Crippen molar-refractivity contribution in [3.05, 3.63) is 29.8 Å². The van der Waals surface area contributed by atoms with E-state index >= 15 is 0 Å². The number of aliphatic hydroxyl groups is 3. The standard InChI is InChI=1S/C69H114N26O26S3/c1-30(2)51(95-58(113)38(15-16-48(101)102)86-59(114)39(20-33-11-13-34(99)14-12-33)87-57(112)37(10-7-19-79-69(75)76)85-62(117)42(25-97)91-65(120)45(28-123)92-52(107)31(3)70)66(121)88-40(21-49(103)104)60(115)94-46(29-124)64(119)84-35(8-5-17-77-67(71)72)54(109)80-22-47(100)83-36(9-6-18-78-68(73)74)56(111)89-43(26-98)63(118)90-41(24-96)61(116)82-32(4)53(108)93-44(27-122)55(110)81-23-50(105)106/h11-14,30-32,35-46,51,96-99,122-124H,5-10,15-29,70H2,1-4H3,(H,80,109)(H,81,110)(H,82,116)(H,83,100)(H,84,119)(H,85,117)(H,86,114)(H,87,112)(H,88,121)(H,89,111)(H,90,118)(H,91,120)(H,92,107)(H,93,108)(H,94,115)(H,95,113)(H,101,102)(H,103,104)(H,105,106)(H4,71,72,77)(H4,73,74,78)(H4,75,76,79)/t31-,32-,35-,36-,37-,38-,39-,40-,41-,42-,43+,44-,45-,46-,51-/m0/s1. The number of carboxylic acids is 3. The molecule has 0 aliphatic heterocycles. The molecule has 124 heavy (non-hydrogen) atoms. The zero-order valence-corrected chi connectivity index (χ0v) is 70.6. The zero-order chi connectivity index (χ0) is 94.2. The van der Waals surface area contributed by atoms with Crippen LogP contribution in [0.5, 0.6) is 5.75 Å². The van der Waals surface area contributed by atoms with E-state index in [-0.39, 0.29) is 81.0 Å². The van der Waals surface area contributed by atoms with Crippen LogP contribution >= 0.6 is 37.9 Å². The number of carbonyl (C=O) groups excluding carboxylic acids is 16. The minimum atomic E-state index is -2.12. The number of phenolic OH excluding ortho intramolecular Hbond substituents is 1. The number of hydrogen-bond acceptors (Lipinski definition) is 30. The van der Waals surface area contributed by atoms with Gasteiger partial charge in [0, 0.05) is 49.7 Å². The topological polar surface area (TPSA) is 870 Å². The molecule has 0 unspecified atom stereocenters. The van der Waals surface area contributed by atoms with Gasteiger partial charge in [-0.1, -0.05) is 26.0 Å². The molecule has 16 amide bonds. The Kier molecular flexibility index (Phi) is 51.2. The molecule has 1 aromatic rings. The van der Waals surface area contributed by atoms with Crippen molar-refractivity contribution in [3.63, 3.8) is 0 Å². The van der Waals surface area contributed by atoms with Crippen LogP contribution in [-0.4, -0.2) is 326 Å². The normalized spacial score (nSPS) is 14.5. The lowest BCUT2D eigenvalue weighted by atomic mass is 10.0. The SMILES string of the molecule is CC(C)[C@H](NC(=O)[C@H](CCC(=O)O)NC(=O)[C@H](Cc1ccc(O)cc1)NC(=O)[C@H](CCCNC(=N)N)NC(=O)[C@H](CO)NC(=O)[C@H](CS)NC(=O)[C@H](C)N)C(=O)N[C@@H](CC(=O)O)C(=O)N[C@@H](CS)C(=O)N[C@@H](CCCNC(=N)N)C(=O)NCC(=O)N[C@@H](CCCNC(=N)N)C(=O)N[C@H](CO)C(=O)N[C@@H](CO)C(=O)N[C@@H](C)C(=O)N[C@@H](CS)C(=O)NCC(=O)O. The molecule has 15 atom stereocenters. The third-order valence-electron chi connectivity index (χ3n) is 17.3. The largest absolute Gasteiger partial charge is 0.508 e. The minimum absolute atomic E-state index is 0.0347. The van der Waals surface area contributed by atoms with Gasteiger partial charge >= 0.3 is 17.9 Å². The molecular weight excluding hydrogens is 1710 g/mol. The lowest BCUT2D eigenvalue weighted by Gasteiger charge is -2.29. The summed E-state index contributed by atoms with van der Waals surface area (Å²) in [6, 6.07) is -20.1. The van der Waals surface area contributed by atoms with Gasteiger partial charge in [-0.25, -0.2) is 0 Å². The molecule has 0 aliphatic carbocycles. The first-order chi connectivity index (χ1) is 58.3. The summed E-state index contributed by atoms with van der Waals surface area (Å²) in [5, 5.41) is 135. The molecule has 694 valence electrons. The van der Waals surface area contributed by atoms with Crippen molar-refractivity contribution in [1.29, 1.82) is 16.2 Å². The monoisotopic (exact) mass is 1820 g/mol. The van der Waals surface area contributed by atoms with Gasteiger partial charge in [-0.3, -0.25) is 107 Å². The smallest absolute Gasteiger partial charge is 0.322 e. The van der Waals surface area contributed by atoms with Crippen molar-refractivity contribution in [2.24, 2.45) is 28.9 Å². The molecule has 0 bridgehead atoms. The van der Waals surface area contributed by atoms with Crippen molar-refractivity contribution < 1.29 is 127 Å². The van der Waals surface area contributed by atoms with Gasteiger partial charge in [0.25, 0.3) is 0 Å². The number of aromatic hydroxyl groups is 1. The summed E-state index contributed by atoms with van der Waals surface area (Å²) in [6.45, 7) is -0.210. The quantitative estimate of drug-likeness (QED) is 0.0125. The molecule has 1 rings (SSSR count). The molecule has 1 aromatic carbocycles. The van der Waals surface area contributed by atoms with E-state index in [4.69, 9.17) is 44.3 Å². The highest BCUT2D eigenvalue weighted by Crippen LogP contribution is 2.15. The van der Waals surface area contributed by atoms with Crippen LogP contribution in [0.2, 0.25) is 0 Å². The number of hydrogen-bond donors (Lipinski definition) is 36. The molecule has 0 aliphatic rings. The van der Waals surface area contributed by atoms with Crippen LogP contribution in [0.15, 0.2) is 24.3 Å². The van der Waals surface area contributed by atoms with Gasteiger partial charge in [0.05, 0.1) is 38.8 Å². The predicted molar refractivity (Wildman–Crippen MR) is 446 cm³/mol. The Morgan fingerprint density at radius 3 is 1.08 bits per heavy atom. The fraction of sp³-hybridized carbons (Fsp3) is 0.594. The highest BCUT2D eigenvalue weighted by atomic mass is 32.1. The molecule has 0 saturated carbocycles. The van der Waals surface area contributed by atoms with Crippen LogP contribution in [0.1, 0.15) is 91.0 Å². The van der Waals surface area contributed by atoms with Crippen molar-refractivity contribution in [3.8, 4) is 5.75 Å². The van der Waals surface area contributed by atoms with Gasteiger partial charge in [0.15, 0.2) is 17.9 Å². The highest BCUT2D eigenvalue weighted by molar-refractivity contribution is 7.80. The second-order valence-corrected chi connectivity index (χ2v) is 28.9. The van der Waals surface area contributed by atoms with E-state index in [0.717, 1.165) is 6.92 Å². The van der Waals surface area contributed by atoms with Crippen molar-refractivity contribution in [2.75, 3.05) is 69.8 Å². The Hall–Kier alpha value is -12.3. The van der Waals surface area contributed by atoms with E-state index in [1.807, 2.05) is 5.32 Å². The highest BCUT2D eigenvalue weighted by Gasteiger charge is 2.39. The maximum Gasteiger partial charge on any atom is 0.322 e. The number of guanidine groups is 3. The molecule has 0 heterocycles. The van der Waals surface area contributed by atoms with E-state index < -0.39 is 291 Å². The minimum Gasteiger partial charge on any atom is -0.508 e. The maximum absolute atomic E-state index is 14.6. The molecular formula is C69H114N26O26S3. The van der Waals surface area contributed by atoms with E-state index in [1.54, 1.807) is 0 Å². The Bertz CT molecular complexity index is 3890. The number of nitrogens with one attached hydrogen (secondary N) is 22. The first-order valence-corrected chi connectivity index (χ1v) is 40.0. The van der Waals surface area contributed by atoms with Crippen molar-refractivity contribution in [2.45, 2.75) is 183 Å². The summed E-state index contributed by atoms with van der Waals surface area (Å²) in [6.07, 6.45) is -4.35. The summed E-state index contributed by atoms with van der Waals surface area (Å²) in [5.74, 6) is -26.8. The van der Waals surface area contributed by atoms with Crippen LogP contribution in [0.3, 0.4) is 0 Å². The summed E-state index contributed by atoms with van der Waals surface area (Å²) >= 11 is 12.2. The summed E-state index contributed by atoms with van der Waals surface area (Å²) in [4.78, 5) is 254. The number of aliphatic carboxylic acids is 3. The van der Waals surface area contributed by atoms with Crippen LogP contribution in [0, 0.1) is 22.1 Å². The van der Waals surface area contributed by atoms with Crippen LogP contribution in [-0.2, 0) is 97.5 Å². The molecule has 0 saturated heterocycles. The number of carbonyl (C=O) groups is 19. The van der Waals surface area contributed by atoms with E-state index in [2.05, 4.69) is 134 Å². The summed E-state index contributed by atoms with van der Waals surface area (Å²) < 4.78 is 0. The summed E-state index contributed by atoms with van der Waals surface area (Å²) in [7, 11) is 0. The Balaban J connectivity index is 3.60. The first-order valence-electron chi connectivity index (χ1n) is 38.1. The van der Waals surface area contributed by atoms with Gasteiger partial charge in [-0.05, 0) is 82.4 Å². The average molecular weight is 1820 g/mol. The Morgan fingerprint density at radius 1 is 0.355 bits per heavy atom. The molecule has 55 heteroatoms. The van der Waals surface area contributed by atoms with Crippen LogP contribution in [0.4, 0.5) is 0 Å². The van der Waals surface area contributed by atoms with Gasteiger partial charge in [-0.15, -0.1) is 0 Å². The van der Waals surface area contributed by atoms with Crippen molar-refractivity contribution >= 4 is 168 Å². The Labute approximate surface area is 725 Å². The molecule has 0 aromatic heterocycles.